The topological polar surface area (TPSA) is 65.1 Å². The van der Waals surface area contributed by atoms with Crippen LogP contribution in [0.3, 0.4) is 0 Å². The maximum absolute atomic E-state index is 12.6. The number of pyridine rings is 1. The normalized spacial score (nSPS) is 11.2. The van der Waals surface area contributed by atoms with Gasteiger partial charge in [0.2, 0.25) is 0 Å². The zero-order chi connectivity index (χ0) is 22.8. The van der Waals surface area contributed by atoms with E-state index in [-0.39, 0.29) is 5.56 Å². The van der Waals surface area contributed by atoms with Crippen LogP contribution in [0.1, 0.15) is 17.0 Å². The van der Waals surface area contributed by atoms with Crippen molar-refractivity contribution >= 4 is 29.0 Å². The number of aromatic nitrogens is 5. The number of fused-ring (bicyclic) bond motifs is 1. The molecule has 164 valence electrons. The van der Waals surface area contributed by atoms with Crippen LogP contribution in [0.25, 0.3) is 17.0 Å². The Morgan fingerprint density at radius 3 is 2.55 bits per heavy atom. The van der Waals surface area contributed by atoms with E-state index in [4.69, 9.17) is 11.6 Å². The largest absolute Gasteiger partial charge is 0.297 e. The summed E-state index contributed by atoms with van der Waals surface area (Å²) in [7, 11) is 0. The monoisotopic (exact) mass is 473 g/mol. The molecule has 8 heteroatoms. The van der Waals surface area contributed by atoms with E-state index in [0.29, 0.717) is 34.5 Å². The molecule has 0 saturated heterocycles. The maximum atomic E-state index is 12.6. The quantitative estimate of drug-likeness (QED) is 0.315. The molecule has 33 heavy (non-hydrogen) atoms. The Morgan fingerprint density at radius 2 is 1.73 bits per heavy atom. The Bertz CT molecular complexity index is 1500. The number of hydrogen-bond donors (Lipinski definition) is 0. The molecular formula is C25H20ClN5OS. The second-order valence-corrected chi connectivity index (χ2v) is 8.94. The molecule has 0 atom stereocenters. The molecule has 0 aliphatic carbocycles. The standard InChI is InChI=1S/C25H20ClN5OS/c1-17-8-7-13-22-27-19(14-23(32)31(17)22)16-33-25-29-28-24(20-11-5-6-12-21(20)26)30(25)15-18-9-3-2-4-10-18/h2-14H,15-16H2,1H3. The van der Waals surface area contributed by atoms with E-state index in [2.05, 4.69) is 31.9 Å². The average Bonchev–Trinajstić information content (AvgIpc) is 3.20. The third-order valence-electron chi connectivity index (χ3n) is 5.30. The number of hydrogen-bond acceptors (Lipinski definition) is 5. The first-order valence-electron chi connectivity index (χ1n) is 10.4. The highest BCUT2D eigenvalue weighted by Crippen LogP contribution is 2.31. The van der Waals surface area contributed by atoms with Gasteiger partial charge in [0, 0.05) is 23.1 Å². The van der Waals surface area contributed by atoms with Crippen molar-refractivity contribution in [2.24, 2.45) is 0 Å². The SMILES string of the molecule is Cc1cccc2nc(CSc3nnc(-c4ccccc4Cl)n3Cc3ccccc3)cc(=O)n12. The maximum Gasteiger partial charge on any atom is 0.258 e. The molecular weight excluding hydrogens is 454 g/mol. The van der Waals surface area contributed by atoms with Crippen LogP contribution in [0.15, 0.2) is 88.8 Å². The molecule has 6 nitrogen and oxygen atoms in total. The first kappa shape index (κ1) is 21.4. The smallest absolute Gasteiger partial charge is 0.258 e. The lowest BCUT2D eigenvalue weighted by atomic mass is 10.2. The number of aryl methyl sites for hydroxylation is 1. The van der Waals surface area contributed by atoms with Gasteiger partial charge in [0.15, 0.2) is 11.0 Å². The van der Waals surface area contributed by atoms with Gasteiger partial charge in [-0.2, -0.15) is 0 Å². The van der Waals surface area contributed by atoms with Crippen molar-refractivity contribution in [3.05, 3.63) is 111 Å². The van der Waals surface area contributed by atoms with Crippen molar-refractivity contribution in [3.63, 3.8) is 0 Å². The van der Waals surface area contributed by atoms with E-state index >= 15 is 0 Å². The molecule has 3 heterocycles. The number of benzene rings is 2. The minimum atomic E-state index is -0.0868. The van der Waals surface area contributed by atoms with Gasteiger partial charge in [-0.15, -0.1) is 10.2 Å². The van der Waals surface area contributed by atoms with E-state index in [1.165, 1.54) is 11.8 Å². The van der Waals surface area contributed by atoms with E-state index in [9.17, 15) is 4.79 Å². The third-order valence-corrected chi connectivity index (χ3v) is 6.63. The van der Waals surface area contributed by atoms with Crippen LogP contribution in [0.4, 0.5) is 0 Å². The predicted molar refractivity (Wildman–Crippen MR) is 132 cm³/mol. The summed E-state index contributed by atoms with van der Waals surface area (Å²) in [6.45, 7) is 2.50. The highest BCUT2D eigenvalue weighted by atomic mass is 35.5. The molecule has 0 radical (unpaired) electrons. The zero-order valence-electron chi connectivity index (χ0n) is 17.9. The van der Waals surface area contributed by atoms with Gasteiger partial charge in [-0.25, -0.2) is 4.98 Å². The first-order valence-corrected chi connectivity index (χ1v) is 11.8. The molecule has 2 aromatic carbocycles. The average molecular weight is 474 g/mol. The number of rotatable bonds is 6. The van der Waals surface area contributed by atoms with Gasteiger partial charge >= 0.3 is 0 Å². The second kappa shape index (κ2) is 9.21. The minimum Gasteiger partial charge on any atom is -0.297 e. The molecule has 5 rings (SSSR count). The summed E-state index contributed by atoms with van der Waals surface area (Å²) in [4.78, 5) is 17.3. The molecule has 0 bridgehead atoms. The summed E-state index contributed by atoms with van der Waals surface area (Å²) in [5.74, 6) is 1.20. The van der Waals surface area contributed by atoms with Crippen LogP contribution in [0, 0.1) is 6.92 Å². The molecule has 3 aromatic heterocycles. The highest BCUT2D eigenvalue weighted by molar-refractivity contribution is 7.98. The fourth-order valence-corrected chi connectivity index (χ4v) is 4.77. The third kappa shape index (κ3) is 4.42. The van der Waals surface area contributed by atoms with Crippen LogP contribution in [-0.4, -0.2) is 24.1 Å². The Labute approximate surface area is 199 Å². The van der Waals surface area contributed by atoms with Crippen LogP contribution in [-0.2, 0) is 12.3 Å². The van der Waals surface area contributed by atoms with Crippen molar-refractivity contribution in [3.8, 4) is 11.4 Å². The molecule has 5 aromatic rings. The Balaban J connectivity index is 1.50. The Morgan fingerprint density at radius 1 is 0.939 bits per heavy atom. The fourth-order valence-electron chi connectivity index (χ4n) is 3.72. The molecule has 0 unspecified atom stereocenters. The van der Waals surface area contributed by atoms with E-state index in [0.717, 1.165) is 22.0 Å². The fraction of sp³-hybridized carbons (Fsp3) is 0.120. The van der Waals surface area contributed by atoms with Gasteiger partial charge < -0.3 is 0 Å². The van der Waals surface area contributed by atoms with Crippen LogP contribution < -0.4 is 5.56 Å². The minimum absolute atomic E-state index is 0.0868. The molecule has 0 aliphatic heterocycles. The van der Waals surface area contributed by atoms with Crippen molar-refractivity contribution in [1.29, 1.82) is 0 Å². The molecule has 0 N–H and O–H groups in total. The molecule has 0 spiro atoms. The summed E-state index contributed by atoms with van der Waals surface area (Å²) >= 11 is 7.96. The van der Waals surface area contributed by atoms with Gasteiger partial charge in [-0.05, 0) is 36.8 Å². The van der Waals surface area contributed by atoms with Gasteiger partial charge in [-0.3, -0.25) is 13.8 Å². The lowest BCUT2D eigenvalue weighted by Gasteiger charge is -2.11. The highest BCUT2D eigenvalue weighted by Gasteiger charge is 2.17. The van der Waals surface area contributed by atoms with Crippen molar-refractivity contribution < 1.29 is 0 Å². The van der Waals surface area contributed by atoms with Gasteiger partial charge in [0.25, 0.3) is 5.56 Å². The van der Waals surface area contributed by atoms with Crippen molar-refractivity contribution in [2.45, 2.75) is 24.4 Å². The van der Waals surface area contributed by atoms with Gasteiger partial charge in [-0.1, -0.05) is 71.9 Å². The van der Waals surface area contributed by atoms with Crippen molar-refractivity contribution in [1.82, 2.24) is 24.1 Å². The molecule has 0 fully saturated rings. The molecule has 0 aliphatic rings. The summed E-state index contributed by atoms with van der Waals surface area (Å²) in [6.07, 6.45) is 0. The van der Waals surface area contributed by atoms with Crippen LogP contribution in [0.2, 0.25) is 5.02 Å². The van der Waals surface area contributed by atoms with E-state index in [1.807, 2.05) is 67.6 Å². The lowest BCUT2D eigenvalue weighted by Crippen LogP contribution is -2.17. The summed E-state index contributed by atoms with van der Waals surface area (Å²) in [5.41, 5.74) is 4.06. The zero-order valence-corrected chi connectivity index (χ0v) is 19.4. The second-order valence-electron chi connectivity index (χ2n) is 7.59. The summed E-state index contributed by atoms with van der Waals surface area (Å²) in [5, 5.41) is 10.3. The van der Waals surface area contributed by atoms with Gasteiger partial charge in [0.05, 0.1) is 17.3 Å². The Hall–Kier alpha value is -3.42. The first-order chi connectivity index (χ1) is 16.1. The molecule has 0 saturated carbocycles. The number of nitrogens with zero attached hydrogens (tertiary/aromatic N) is 5. The summed E-state index contributed by atoms with van der Waals surface area (Å²) in [6, 6.07) is 25.0. The van der Waals surface area contributed by atoms with Gasteiger partial charge in [0.1, 0.15) is 5.65 Å². The lowest BCUT2D eigenvalue weighted by molar-refractivity contribution is 0.714. The number of thioether (sulfide) groups is 1. The molecule has 0 amide bonds. The predicted octanol–water partition coefficient (Wildman–Crippen LogP) is 5.26. The van der Waals surface area contributed by atoms with Crippen LogP contribution >= 0.6 is 23.4 Å². The van der Waals surface area contributed by atoms with Crippen molar-refractivity contribution in [2.75, 3.05) is 0 Å². The number of halogens is 1. The van der Waals surface area contributed by atoms with Crippen LogP contribution in [0.5, 0.6) is 0 Å². The summed E-state index contributed by atoms with van der Waals surface area (Å²) < 4.78 is 3.67. The van der Waals surface area contributed by atoms with E-state index in [1.54, 1.807) is 10.5 Å². The van der Waals surface area contributed by atoms with E-state index < -0.39 is 0 Å². The Kier molecular flexibility index (Phi) is 5.98.